The Bertz CT molecular complexity index is 1280. The minimum Gasteiger partial charge on any atom is -0.484 e. The summed E-state index contributed by atoms with van der Waals surface area (Å²) in [5.74, 6) is -1.19. The van der Waals surface area contributed by atoms with Gasteiger partial charge in [0.05, 0.1) is 17.3 Å². The number of ether oxygens (including phenoxy) is 1. The lowest BCUT2D eigenvalue weighted by molar-refractivity contribution is -0.139. The van der Waals surface area contributed by atoms with Gasteiger partial charge in [-0.3, -0.25) is 9.55 Å². The molecule has 3 aromatic heterocycles. The zero-order valence-corrected chi connectivity index (χ0v) is 17.2. The summed E-state index contributed by atoms with van der Waals surface area (Å²) in [7, 11) is 0. The van der Waals surface area contributed by atoms with E-state index < -0.39 is 23.8 Å². The molecule has 0 amide bonds. The largest absolute Gasteiger partial charge is 0.484 e. The van der Waals surface area contributed by atoms with Crippen LogP contribution < -0.4 is 4.74 Å². The van der Waals surface area contributed by atoms with E-state index in [-0.39, 0.29) is 16.2 Å². The number of pyridine rings is 1. The van der Waals surface area contributed by atoms with Gasteiger partial charge in [0.25, 0.3) is 0 Å². The summed E-state index contributed by atoms with van der Waals surface area (Å²) in [6, 6.07) is 6.83. The number of alkyl halides is 3. The van der Waals surface area contributed by atoms with Gasteiger partial charge in [0, 0.05) is 17.3 Å². The van der Waals surface area contributed by atoms with Gasteiger partial charge < -0.3 is 9.84 Å². The fourth-order valence-corrected chi connectivity index (χ4v) is 4.44. The number of hydrogen-bond acceptors (Lipinski definition) is 5. The van der Waals surface area contributed by atoms with Crippen LogP contribution in [0.5, 0.6) is 5.75 Å². The maximum absolute atomic E-state index is 13.4. The number of rotatable bonds is 5. The Morgan fingerprint density at radius 3 is 2.71 bits per heavy atom. The first kappa shape index (κ1) is 20.9. The average Bonchev–Trinajstić information content (AvgIpc) is 3.29. The molecule has 3 heterocycles. The predicted octanol–water partition coefficient (Wildman–Crippen LogP) is 5.65. The number of carboxylic acid groups (broad SMARTS) is 1. The molecular formula is C21H16F3N3O3S. The third-order valence-corrected chi connectivity index (χ3v) is 6.09. The molecule has 0 aliphatic rings. The Hall–Kier alpha value is -3.40. The number of fused-ring (bicyclic) bond motifs is 1. The molecule has 0 bridgehead atoms. The molecule has 160 valence electrons. The van der Waals surface area contributed by atoms with Gasteiger partial charge in [0.2, 0.25) is 0 Å². The second kappa shape index (κ2) is 7.69. The van der Waals surface area contributed by atoms with E-state index in [1.165, 1.54) is 25.1 Å². The number of imidazole rings is 1. The van der Waals surface area contributed by atoms with Crippen molar-refractivity contribution in [2.75, 3.05) is 0 Å². The highest BCUT2D eigenvalue weighted by atomic mass is 32.1. The number of carbonyl (C=O) groups is 1. The maximum Gasteiger partial charge on any atom is 0.416 e. The lowest BCUT2D eigenvalue weighted by atomic mass is 10.0. The normalized spacial score (nSPS) is 12.8. The van der Waals surface area contributed by atoms with Gasteiger partial charge in [-0.15, -0.1) is 11.3 Å². The van der Waals surface area contributed by atoms with Crippen LogP contribution in [0.15, 0.2) is 49.1 Å². The van der Waals surface area contributed by atoms with Crippen molar-refractivity contribution in [2.45, 2.75) is 26.1 Å². The molecule has 4 rings (SSSR count). The van der Waals surface area contributed by atoms with Crippen molar-refractivity contribution in [1.82, 2.24) is 14.5 Å². The van der Waals surface area contributed by atoms with Crippen molar-refractivity contribution in [3.63, 3.8) is 0 Å². The van der Waals surface area contributed by atoms with Gasteiger partial charge in [-0.1, -0.05) is 18.2 Å². The molecule has 0 saturated heterocycles. The van der Waals surface area contributed by atoms with E-state index >= 15 is 0 Å². The summed E-state index contributed by atoms with van der Waals surface area (Å²) in [5.41, 5.74) is 0.952. The molecule has 31 heavy (non-hydrogen) atoms. The molecule has 1 atom stereocenters. The molecule has 10 heteroatoms. The van der Waals surface area contributed by atoms with E-state index in [0.717, 1.165) is 22.9 Å². The Morgan fingerprint density at radius 2 is 2.00 bits per heavy atom. The molecule has 0 aliphatic carbocycles. The van der Waals surface area contributed by atoms with Gasteiger partial charge >= 0.3 is 12.1 Å². The first-order valence-electron chi connectivity index (χ1n) is 9.15. The SMILES string of the molecule is Cc1c(-n2cnc3cnccc32)sc(C(=O)O)c1OC(C)c1ccccc1C(F)(F)F. The van der Waals surface area contributed by atoms with Crippen LogP contribution in [0.1, 0.15) is 39.4 Å². The molecular weight excluding hydrogens is 431 g/mol. The van der Waals surface area contributed by atoms with Crippen LogP contribution in [0.2, 0.25) is 0 Å². The Kier molecular flexibility index (Phi) is 5.18. The van der Waals surface area contributed by atoms with Crippen LogP contribution in [-0.4, -0.2) is 25.6 Å². The Balaban J connectivity index is 1.79. The fourth-order valence-electron chi connectivity index (χ4n) is 3.38. The molecule has 6 nitrogen and oxygen atoms in total. The minimum atomic E-state index is -4.55. The van der Waals surface area contributed by atoms with E-state index in [1.54, 1.807) is 36.3 Å². The van der Waals surface area contributed by atoms with Crippen molar-refractivity contribution in [2.24, 2.45) is 0 Å². The summed E-state index contributed by atoms with van der Waals surface area (Å²) < 4.78 is 47.8. The topological polar surface area (TPSA) is 77.2 Å². The van der Waals surface area contributed by atoms with Gasteiger partial charge in [-0.2, -0.15) is 13.2 Å². The number of carboxylic acids is 1. The molecule has 0 radical (unpaired) electrons. The highest BCUT2D eigenvalue weighted by molar-refractivity contribution is 7.17. The van der Waals surface area contributed by atoms with Gasteiger partial charge in [-0.05, 0) is 26.0 Å². The first-order valence-corrected chi connectivity index (χ1v) is 9.97. The molecule has 1 aromatic carbocycles. The van der Waals surface area contributed by atoms with Crippen LogP contribution >= 0.6 is 11.3 Å². The molecule has 1 N–H and O–H groups in total. The van der Waals surface area contributed by atoms with Crippen molar-refractivity contribution in [3.8, 4) is 10.8 Å². The van der Waals surface area contributed by atoms with Crippen LogP contribution in [0.25, 0.3) is 16.0 Å². The van der Waals surface area contributed by atoms with Crippen molar-refractivity contribution in [1.29, 1.82) is 0 Å². The fraction of sp³-hybridized carbons (Fsp3) is 0.190. The molecule has 0 aliphatic heterocycles. The average molecular weight is 447 g/mol. The van der Waals surface area contributed by atoms with Gasteiger partial charge in [0.15, 0.2) is 10.6 Å². The van der Waals surface area contributed by atoms with Crippen molar-refractivity contribution < 1.29 is 27.8 Å². The summed E-state index contributed by atoms with van der Waals surface area (Å²) in [6.45, 7) is 3.13. The van der Waals surface area contributed by atoms with Crippen LogP contribution in [0, 0.1) is 6.92 Å². The predicted molar refractivity (Wildman–Crippen MR) is 109 cm³/mol. The van der Waals surface area contributed by atoms with E-state index in [0.29, 0.717) is 16.1 Å². The third kappa shape index (κ3) is 3.74. The summed E-state index contributed by atoms with van der Waals surface area (Å²) in [6.07, 6.45) is -0.859. The summed E-state index contributed by atoms with van der Waals surface area (Å²) in [5, 5.41) is 10.3. The number of nitrogens with zero attached hydrogens (tertiary/aromatic N) is 3. The number of thiophene rings is 1. The Morgan fingerprint density at radius 1 is 1.26 bits per heavy atom. The van der Waals surface area contributed by atoms with Crippen molar-refractivity contribution >= 4 is 28.3 Å². The summed E-state index contributed by atoms with van der Waals surface area (Å²) >= 11 is 0.970. The Labute approximate surface area is 178 Å². The lowest BCUT2D eigenvalue weighted by Gasteiger charge is -2.20. The van der Waals surface area contributed by atoms with Gasteiger partial charge in [-0.25, -0.2) is 9.78 Å². The standard InChI is InChI=1S/C21H16F3N3O3S/c1-11-17(30-12(2)13-5-3-4-6-14(13)21(22,23)24)18(20(28)29)31-19(11)27-10-26-15-9-25-8-7-16(15)27/h3-10,12H,1-2H3,(H,28,29). The van der Waals surface area contributed by atoms with Crippen LogP contribution in [0.3, 0.4) is 0 Å². The number of aromatic nitrogens is 3. The maximum atomic E-state index is 13.4. The number of halogens is 3. The monoisotopic (exact) mass is 447 g/mol. The van der Waals surface area contributed by atoms with Crippen LogP contribution in [0.4, 0.5) is 13.2 Å². The van der Waals surface area contributed by atoms with Crippen LogP contribution in [-0.2, 0) is 6.18 Å². The minimum absolute atomic E-state index is 0.0351. The number of aromatic carboxylic acids is 1. The smallest absolute Gasteiger partial charge is 0.416 e. The molecule has 1 unspecified atom stereocenters. The van der Waals surface area contributed by atoms with E-state index in [9.17, 15) is 23.1 Å². The molecule has 0 saturated carbocycles. The second-order valence-corrected chi connectivity index (χ2v) is 7.82. The zero-order valence-electron chi connectivity index (χ0n) is 16.3. The van der Waals surface area contributed by atoms with Crippen molar-refractivity contribution in [3.05, 3.63) is 70.6 Å². The highest BCUT2D eigenvalue weighted by Gasteiger charge is 2.35. The molecule has 0 fully saturated rings. The first-order chi connectivity index (χ1) is 14.7. The summed E-state index contributed by atoms with van der Waals surface area (Å²) in [4.78, 5) is 20.1. The number of hydrogen-bond donors (Lipinski definition) is 1. The third-order valence-electron chi connectivity index (χ3n) is 4.83. The number of benzene rings is 1. The zero-order chi connectivity index (χ0) is 22.3. The highest BCUT2D eigenvalue weighted by Crippen LogP contribution is 2.42. The van der Waals surface area contributed by atoms with E-state index in [4.69, 9.17) is 4.74 Å². The van der Waals surface area contributed by atoms with E-state index in [2.05, 4.69) is 9.97 Å². The second-order valence-electron chi connectivity index (χ2n) is 6.82. The molecule has 4 aromatic rings. The van der Waals surface area contributed by atoms with Gasteiger partial charge in [0.1, 0.15) is 22.9 Å². The quantitative estimate of drug-likeness (QED) is 0.428. The van der Waals surface area contributed by atoms with E-state index in [1.807, 2.05) is 0 Å². The molecule has 0 spiro atoms. The lowest BCUT2D eigenvalue weighted by Crippen LogP contribution is -2.14.